The minimum Gasteiger partial charge on any atom is -0.356 e. The predicted molar refractivity (Wildman–Crippen MR) is 131 cm³/mol. The van der Waals surface area contributed by atoms with E-state index in [0.717, 1.165) is 49.9 Å². The fourth-order valence-corrected chi connectivity index (χ4v) is 4.33. The highest BCUT2D eigenvalue weighted by atomic mass is 127. The van der Waals surface area contributed by atoms with Gasteiger partial charge in [0, 0.05) is 49.1 Å². The Balaban J connectivity index is 0.00000300. The third-order valence-electron chi connectivity index (χ3n) is 6.09. The largest absolute Gasteiger partial charge is 0.356 e. The van der Waals surface area contributed by atoms with E-state index in [9.17, 15) is 4.79 Å². The van der Waals surface area contributed by atoms with Crippen LogP contribution in [0.15, 0.2) is 29.3 Å². The fourth-order valence-electron chi connectivity index (χ4n) is 4.21. The normalized spacial score (nSPS) is 20.5. The van der Waals surface area contributed by atoms with Gasteiger partial charge in [0.05, 0.1) is 0 Å². The first-order chi connectivity index (χ1) is 13.4. The van der Waals surface area contributed by atoms with Crippen LogP contribution in [0.1, 0.15) is 51.5 Å². The zero-order valence-electron chi connectivity index (χ0n) is 17.7. The molecule has 0 spiro atoms. The van der Waals surface area contributed by atoms with Crippen molar-refractivity contribution in [3.05, 3.63) is 34.9 Å². The first-order valence-electron chi connectivity index (χ1n) is 10.4. The number of carbonyl (C=O) groups excluding carboxylic acids is 1. The van der Waals surface area contributed by atoms with E-state index in [4.69, 9.17) is 11.6 Å². The summed E-state index contributed by atoms with van der Waals surface area (Å²) in [5.74, 6) is 1.41. The summed E-state index contributed by atoms with van der Waals surface area (Å²) in [6.45, 7) is 6.78. The van der Waals surface area contributed by atoms with E-state index in [1.807, 2.05) is 17.0 Å². The number of hydrogen-bond donors (Lipinski definition) is 2. The van der Waals surface area contributed by atoms with Crippen molar-refractivity contribution in [2.24, 2.45) is 10.9 Å². The molecule has 0 bridgehead atoms. The van der Waals surface area contributed by atoms with Crippen LogP contribution in [0.25, 0.3) is 0 Å². The average Bonchev–Trinajstić information content (AvgIpc) is 3.37. The van der Waals surface area contributed by atoms with Gasteiger partial charge in [-0.05, 0) is 37.0 Å². The third-order valence-corrected chi connectivity index (χ3v) is 6.34. The van der Waals surface area contributed by atoms with Gasteiger partial charge in [0.2, 0.25) is 5.91 Å². The lowest BCUT2D eigenvalue weighted by Crippen LogP contribution is -2.48. The molecule has 1 atom stereocenters. The predicted octanol–water partition coefficient (Wildman–Crippen LogP) is 4.19. The van der Waals surface area contributed by atoms with Crippen LogP contribution in [0.3, 0.4) is 0 Å². The number of likely N-dealkylation sites (tertiary alicyclic amines) is 1. The first-order valence-corrected chi connectivity index (χ1v) is 10.8. The molecule has 1 saturated heterocycles. The van der Waals surface area contributed by atoms with Gasteiger partial charge in [-0.1, -0.05) is 50.4 Å². The van der Waals surface area contributed by atoms with Crippen molar-refractivity contribution < 1.29 is 4.79 Å². The molecule has 1 heterocycles. The van der Waals surface area contributed by atoms with Crippen LogP contribution >= 0.6 is 35.6 Å². The molecular weight excluding hydrogens is 499 g/mol. The number of rotatable bonds is 5. The fraction of sp³-hybridized carbons (Fsp3) is 0.636. The van der Waals surface area contributed by atoms with Crippen molar-refractivity contribution in [2.75, 3.05) is 26.7 Å². The number of hydrogen-bond acceptors (Lipinski definition) is 2. The van der Waals surface area contributed by atoms with Gasteiger partial charge in [-0.2, -0.15) is 0 Å². The van der Waals surface area contributed by atoms with Crippen molar-refractivity contribution >= 4 is 47.4 Å². The zero-order valence-corrected chi connectivity index (χ0v) is 20.8. The summed E-state index contributed by atoms with van der Waals surface area (Å²) >= 11 is 6.01. The van der Waals surface area contributed by atoms with E-state index in [0.29, 0.717) is 5.91 Å². The quantitative estimate of drug-likeness (QED) is 0.340. The van der Waals surface area contributed by atoms with Gasteiger partial charge in [0.15, 0.2) is 5.96 Å². The number of benzene rings is 1. The van der Waals surface area contributed by atoms with Crippen LogP contribution in [0, 0.1) is 5.92 Å². The van der Waals surface area contributed by atoms with E-state index in [2.05, 4.69) is 41.6 Å². The Morgan fingerprint density at radius 2 is 1.86 bits per heavy atom. The number of carbonyl (C=O) groups is 1. The Kier molecular flexibility index (Phi) is 9.07. The number of guanidine groups is 1. The van der Waals surface area contributed by atoms with E-state index in [-0.39, 0.29) is 41.4 Å². The second-order valence-corrected chi connectivity index (χ2v) is 9.15. The minimum absolute atomic E-state index is 0. The Labute approximate surface area is 197 Å². The van der Waals surface area contributed by atoms with E-state index in [1.165, 1.54) is 18.4 Å². The summed E-state index contributed by atoms with van der Waals surface area (Å²) in [5, 5.41) is 7.70. The van der Waals surface area contributed by atoms with Crippen LogP contribution in [0.5, 0.6) is 0 Å². The van der Waals surface area contributed by atoms with Gasteiger partial charge >= 0.3 is 0 Å². The van der Waals surface area contributed by atoms with Gasteiger partial charge in [0.1, 0.15) is 0 Å². The molecule has 1 aliphatic carbocycles. The van der Waals surface area contributed by atoms with Crippen molar-refractivity contribution in [2.45, 2.75) is 57.4 Å². The third kappa shape index (κ3) is 6.48. The molecule has 5 nitrogen and oxygen atoms in total. The molecule has 2 fully saturated rings. The van der Waals surface area contributed by atoms with E-state index in [1.54, 1.807) is 7.05 Å². The van der Waals surface area contributed by atoms with Crippen LogP contribution < -0.4 is 10.6 Å². The molecule has 2 aliphatic rings. The van der Waals surface area contributed by atoms with Crippen molar-refractivity contribution in [1.29, 1.82) is 0 Å². The second-order valence-electron chi connectivity index (χ2n) is 8.71. The Morgan fingerprint density at radius 1 is 1.21 bits per heavy atom. The maximum Gasteiger partial charge on any atom is 0.225 e. The Bertz CT molecular complexity index is 701. The maximum absolute atomic E-state index is 12.6. The smallest absolute Gasteiger partial charge is 0.225 e. The lowest BCUT2D eigenvalue weighted by Gasteiger charge is -2.27. The standard InChI is InChI=1S/C22H33ClN4O.HI/c1-22(2,17-8-10-18(23)11-9-17)15-25-21(24-3)26-19-12-13-27(14-19)20(28)16-6-4-5-7-16;/h8-11,16,19H,4-7,12-15H2,1-3H3,(H2,24,25,26);1H. The van der Waals surface area contributed by atoms with Crippen LogP contribution in [0.2, 0.25) is 5.02 Å². The molecule has 1 unspecified atom stereocenters. The number of nitrogens with one attached hydrogen (secondary N) is 2. The molecule has 1 aliphatic heterocycles. The molecule has 1 aromatic carbocycles. The summed E-state index contributed by atoms with van der Waals surface area (Å²) < 4.78 is 0. The van der Waals surface area contributed by atoms with Gasteiger partial charge < -0.3 is 15.5 Å². The highest BCUT2D eigenvalue weighted by Crippen LogP contribution is 2.28. The highest BCUT2D eigenvalue weighted by molar-refractivity contribution is 14.0. The van der Waals surface area contributed by atoms with Crippen molar-refractivity contribution in [3.8, 4) is 0 Å². The molecule has 7 heteroatoms. The monoisotopic (exact) mass is 532 g/mol. The van der Waals surface area contributed by atoms with Crippen LogP contribution in [-0.4, -0.2) is 49.5 Å². The molecule has 0 aromatic heterocycles. The van der Waals surface area contributed by atoms with Crippen LogP contribution in [0.4, 0.5) is 0 Å². The highest BCUT2D eigenvalue weighted by Gasteiger charge is 2.32. The molecule has 2 N–H and O–H groups in total. The van der Waals surface area contributed by atoms with Gasteiger partial charge in [-0.25, -0.2) is 0 Å². The molecule has 1 saturated carbocycles. The minimum atomic E-state index is -0.0532. The lowest BCUT2D eigenvalue weighted by molar-refractivity contribution is -0.134. The van der Waals surface area contributed by atoms with E-state index >= 15 is 0 Å². The summed E-state index contributed by atoms with van der Waals surface area (Å²) in [7, 11) is 1.79. The number of aliphatic imine (C=N–C) groups is 1. The molecule has 3 rings (SSSR count). The van der Waals surface area contributed by atoms with Crippen molar-refractivity contribution in [3.63, 3.8) is 0 Å². The molecule has 0 radical (unpaired) electrons. The lowest BCUT2D eigenvalue weighted by atomic mass is 9.85. The summed E-state index contributed by atoms with van der Waals surface area (Å²) in [6.07, 6.45) is 5.50. The summed E-state index contributed by atoms with van der Waals surface area (Å²) in [4.78, 5) is 19.0. The van der Waals surface area contributed by atoms with Crippen molar-refractivity contribution in [1.82, 2.24) is 15.5 Å². The Hall–Kier alpha value is -1.02. The van der Waals surface area contributed by atoms with Gasteiger partial charge in [0.25, 0.3) is 0 Å². The average molecular weight is 533 g/mol. The molecule has 1 amide bonds. The summed E-state index contributed by atoms with van der Waals surface area (Å²) in [5.41, 5.74) is 1.18. The Morgan fingerprint density at radius 3 is 2.48 bits per heavy atom. The first kappa shape index (κ1) is 24.3. The molecule has 162 valence electrons. The molecule has 29 heavy (non-hydrogen) atoms. The number of nitrogens with zero attached hydrogens (tertiary/aromatic N) is 2. The number of halogens is 2. The molecule has 1 aromatic rings. The maximum atomic E-state index is 12.6. The zero-order chi connectivity index (χ0) is 20.1. The van der Waals surface area contributed by atoms with Crippen LogP contribution in [-0.2, 0) is 10.2 Å². The van der Waals surface area contributed by atoms with Gasteiger partial charge in [-0.3, -0.25) is 9.79 Å². The topological polar surface area (TPSA) is 56.7 Å². The molecular formula is C22H34ClIN4O. The van der Waals surface area contributed by atoms with Gasteiger partial charge in [-0.15, -0.1) is 24.0 Å². The number of amides is 1. The van der Waals surface area contributed by atoms with E-state index < -0.39 is 0 Å². The summed E-state index contributed by atoms with van der Waals surface area (Å²) in [6, 6.07) is 8.27. The second kappa shape index (κ2) is 10.8. The SMILES string of the molecule is CN=C(NCC(C)(C)c1ccc(Cl)cc1)NC1CCN(C(=O)C2CCCC2)C1.I.